The van der Waals surface area contributed by atoms with Gasteiger partial charge in [-0.25, -0.2) is 4.98 Å². The Morgan fingerprint density at radius 3 is 2.27 bits per heavy atom. The zero-order valence-electron chi connectivity index (χ0n) is 15.4. The number of anilines is 1. The Labute approximate surface area is 162 Å². The van der Waals surface area contributed by atoms with Gasteiger partial charge in [0.25, 0.3) is 5.91 Å². The highest BCUT2D eigenvalue weighted by atomic mass is 32.2. The van der Waals surface area contributed by atoms with Gasteiger partial charge in [0.1, 0.15) is 10.7 Å². The van der Waals surface area contributed by atoms with Gasteiger partial charge >= 0.3 is 0 Å². The minimum atomic E-state index is -0.112. The molecule has 26 heavy (non-hydrogen) atoms. The number of carbonyl (C=O) groups excluding carboxylic acids is 1. The molecule has 5 heteroatoms. The number of thioether (sulfide) groups is 1. The molecule has 0 saturated heterocycles. The van der Waals surface area contributed by atoms with E-state index in [1.807, 2.05) is 60.9 Å². The predicted molar refractivity (Wildman–Crippen MR) is 112 cm³/mol. The molecule has 3 aromatic rings. The third kappa shape index (κ3) is 4.17. The molecule has 0 fully saturated rings. The molecule has 0 spiro atoms. The van der Waals surface area contributed by atoms with Gasteiger partial charge in [0, 0.05) is 11.1 Å². The number of nitrogens with zero attached hydrogens (tertiary/aromatic N) is 1. The Hall–Kier alpha value is -2.11. The quantitative estimate of drug-likeness (QED) is 0.556. The second-order valence-electron chi connectivity index (χ2n) is 7.01. The first-order valence-electron chi connectivity index (χ1n) is 8.40. The van der Waals surface area contributed by atoms with Crippen molar-refractivity contribution in [1.82, 2.24) is 4.98 Å². The third-order valence-electron chi connectivity index (χ3n) is 4.07. The number of hydrogen-bond acceptors (Lipinski definition) is 4. The molecular weight excluding hydrogens is 360 g/mol. The molecule has 0 radical (unpaired) electrons. The van der Waals surface area contributed by atoms with Gasteiger partial charge in [-0.2, -0.15) is 0 Å². The number of amides is 1. The molecule has 3 rings (SSSR count). The summed E-state index contributed by atoms with van der Waals surface area (Å²) in [5.41, 5.74) is 3.75. The second-order valence-corrected chi connectivity index (χ2v) is 9.06. The summed E-state index contributed by atoms with van der Waals surface area (Å²) in [7, 11) is 0. The number of hydrogen-bond donors (Lipinski definition) is 1. The number of thiazole rings is 1. The molecule has 0 bridgehead atoms. The highest BCUT2D eigenvalue weighted by Gasteiger charge is 2.17. The average molecular weight is 383 g/mol. The number of carbonyl (C=O) groups is 1. The van der Waals surface area contributed by atoms with Crippen LogP contribution >= 0.6 is 23.1 Å². The van der Waals surface area contributed by atoms with Crippen molar-refractivity contribution < 1.29 is 4.79 Å². The van der Waals surface area contributed by atoms with E-state index < -0.39 is 0 Å². The molecule has 0 unspecified atom stereocenters. The van der Waals surface area contributed by atoms with Crippen LogP contribution in [0.2, 0.25) is 0 Å². The smallest absolute Gasteiger partial charge is 0.256 e. The topological polar surface area (TPSA) is 42.0 Å². The lowest BCUT2D eigenvalue weighted by Crippen LogP contribution is -2.14. The fraction of sp³-hybridized carbons (Fsp3) is 0.238. The lowest BCUT2D eigenvalue weighted by atomic mass is 9.87. The fourth-order valence-electron chi connectivity index (χ4n) is 2.56. The van der Waals surface area contributed by atoms with Gasteiger partial charge < -0.3 is 5.32 Å². The van der Waals surface area contributed by atoms with Crippen LogP contribution in [0, 0.1) is 0 Å². The monoisotopic (exact) mass is 382 g/mol. The Kier molecular flexibility index (Phi) is 5.49. The number of nitrogens with one attached hydrogen (secondary N) is 1. The Balaban J connectivity index is 1.87. The zero-order chi connectivity index (χ0) is 18.7. The highest BCUT2D eigenvalue weighted by Crippen LogP contribution is 2.37. The summed E-state index contributed by atoms with van der Waals surface area (Å²) >= 11 is 3.09. The molecule has 0 aliphatic heterocycles. The normalized spacial score (nSPS) is 11.4. The van der Waals surface area contributed by atoms with Crippen LogP contribution in [-0.2, 0) is 5.41 Å². The third-order valence-corrected chi connectivity index (χ3v) is 6.03. The van der Waals surface area contributed by atoms with Crippen LogP contribution in [0.1, 0.15) is 36.7 Å². The van der Waals surface area contributed by atoms with Gasteiger partial charge in [-0.3, -0.25) is 4.79 Å². The Morgan fingerprint density at radius 1 is 1.04 bits per heavy atom. The van der Waals surface area contributed by atoms with Crippen LogP contribution in [-0.4, -0.2) is 17.1 Å². The Bertz CT molecular complexity index is 894. The summed E-state index contributed by atoms with van der Waals surface area (Å²) in [6, 6.07) is 17.7. The van der Waals surface area contributed by atoms with E-state index in [1.54, 1.807) is 11.8 Å². The summed E-state index contributed by atoms with van der Waals surface area (Å²) in [5.74, 6) is -0.112. The van der Waals surface area contributed by atoms with E-state index in [0.29, 0.717) is 5.56 Å². The van der Waals surface area contributed by atoms with Crippen LogP contribution in [0.5, 0.6) is 0 Å². The van der Waals surface area contributed by atoms with Gasteiger partial charge in [-0.05, 0) is 29.4 Å². The molecule has 2 aromatic carbocycles. The maximum atomic E-state index is 12.7. The van der Waals surface area contributed by atoms with Crippen molar-refractivity contribution in [3.8, 4) is 11.3 Å². The summed E-state index contributed by atoms with van der Waals surface area (Å²) in [5, 5.41) is 3.82. The first kappa shape index (κ1) is 18.7. The van der Waals surface area contributed by atoms with E-state index in [9.17, 15) is 4.79 Å². The largest absolute Gasteiger partial charge is 0.312 e. The van der Waals surface area contributed by atoms with E-state index in [4.69, 9.17) is 0 Å². The van der Waals surface area contributed by atoms with Gasteiger partial charge in [0.15, 0.2) is 4.34 Å². The van der Waals surface area contributed by atoms with Crippen LogP contribution in [0.4, 0.5) is 5.00 Å². The van der Waals surface area contributed by atoms with Crippen molar-refractivity contribution in [2.45, 2.75) is 30.5 Å². The molecule has 1 N–H and O–H groups in total. The van der Waals surface area contributed by atoms with E-state index in [1.165, 1.54) is 16.9 Å². The van der Waals surface area contributed by atoms with Gasteiger partial charge in [0.05, 0.1) is 0 Å². The molecule has 0 atom stereocenters. The molecule has 134 valence electrons. The highest BCUT2D eigenvalue weighted by molar-refractivity contribution is 8.00. The summed E-state index contributed by atoms with van der Waals surface area (Å²) in [4.78, 5) is 17.4. The van der Waals surface area contributed by atoms with Crippen molar-refractivity contribution in [1.29, 1.82) is 0 Å². The summed E-state index contributed by atoms with van der Waals surface area (Å²) < 4.78 is 0.933. The molecule has 0 saturated carbocycles. The van der Waals surface area contributed by atoms with Crippen molar-refractivity contribution in [2.75, 3.05) is 11.6 Å². The standard InChI is InChI=1S/C21H22N2OS2/c1-21(2,3)16-12-10-15(11-13-16)18(24)23-19-17(22-20(25-4)26-19)14-8-6-5-7-9-14/h5-13H,1-4H3,(H,23,24). The summed E-state index contributed by atoms with van der Waals surface area (Å²) in [6.45, 7) is 6.49. The lowest BCUT2D eigenvalue weighted by molar-refractivity contribution is 0.102. The maximum absolute atomic E-state index is 12.7. The van der Waals surface area contributed by atoms with Crippen molar-refractivity contribution >= 4 is 34.0 Å². The SMILES string of the molecule is CSc1nc(-c2ccccc2)c(NC(=O)c2ccc(C(C)(C)C)cc2)s1. The Morgan fingerprint density at radius 2 is 1.69 bits per heavy atom. The summed E-state index contributed by atoms with van der Waals surface area (Å²) in [6.07, 6.45) is 1.99. The van der Waals surface area contributed by atoms with Crippen molar-refractivity contribution in [3.63, 3.8) is 0 Å². The molecule has 1 heterocycles. The molecule has 3 nitrogen and oxygen atoms in total. The molecule has 1 aromatic heterocycles. The van der Waals surface area contributed by atoms with Crippen LogP contribution in [0.15, 0.2) is 58.9 Å². The van der Waals surface area contributed by atoms with Crippen LogP contribution < -0.4 is 5.32 Å². The van der Waals surface area contributed by atoms with E-state index in [-0.39, 0.29) is 11.3 Å². The van der Waals surface area contributed by atoms with E-state index >= 15 is 0 Å². The minimum Gasteiger partial charge on any atom is -0.312 e. The van der Waals surface area contributed by atoms with Crippen LogP contribution in [0.3, 0.4) is 0 Å². The van der Waals surface area contributed by atoms with Crippen molar-refractivity contribution in [2.24, 2.45) is 0 Å². The zero-order valence-corrected chi connectivity index (χ0v) is 17.0. The van der Waals surface area contributed by atoms with Gasteiger partial charge in [-0.1, -0.05) is 86.3 Å². The number of aromatic nitrogens is 1. The maximum Gasteiger partial charge on any atom is 0.256 e. The lowest BCUT2D eigenvalue weighted by Gasteiger charge is -2.19. The van der Waals surface area contributed by atoms with Gasteiger partial charge in [-0.15, -0.1) is 0 Å². The van der Waals surface area contributed by atoms with Crippen LogP contribution in [0.25, 0.3) is 11.3 Å². The number of benzene rings is 2. The first-order chi connectivity index (χ1) is 12.4. The molecule has 0 aliphatic rings. The molecule has 1 amide bonds. The first-order valence-corrected chi connectivity index (χ1v) is 10.4. The van der Waals surface area contributed by atoms with Crippen molar-refractivity contribution in [3.05, 3.63) is 65.7 Å². The number of rotatable bonds is 4. The average Bonchev–Trinajstić information content (AvgIpc) is 3.05. The van der Waals surface area contributed by atoms with E-state index in [0.717, 1.165) is 20.6 Å². The van der Waals surface area contributed by atoms with Gasteiger partial charge in [0.2, 0.25) is 0 Å². The molecule has 0 aliphatic carbocycles. The fourth-order valence-corrected chi connectivity index (χ4v) is 4.04. The minimum absolute atomic E-state index is 0.0698. The predicted octanol–water partition coefficient (Wildman–Crippen LogP) is 6.08. The molecular formula is C21H22N2OS2. The second kappa shape index (κ2) is 7.64. The van der Waals surface area contributed by atoms with E-state index in [2.05, 4.69) is 31.1 Å².